The number of nitrogens with two attached hydrogens (primary N) is 1. The van der Waals surface area contributed by atoms with Crippen LogP contribution < -0.4 is 11.1 Å². The first-order chi connectivity index (χ1) is 8.56. The standard InChI is InChI=1S/C12H16N2O4.ClH/c13-9-2-3-11(17)8(5-9)1-4-12(18)14-10(6-15)7-16;/h1-5,10,15-17H,6-7,13H2,(H,14,18);1H/b4-1+;. The Labute approximate surface area is 117 Å². The molecule has 6 N–H and O–H groups in total. The van der Waals surface area contributed by atoms with Gasteiger partial charge in [-0.25, -0.2) is 0 Å². The maximum absolute atomic E-state index is 11.4. The lowest BCUT2D eigenvalue weighted by Crippen LogP contribution is -2.39. The molecule has 0 unspecified atom stereocenters. The van der Waals surface area contributed by atoms with Crippen molar-refractivity contribution in [2.24, 2.45) is 0 Å². The van der Waals surface area contributed by atoms with Crippen LogP contribution >= 0.6 is 12.4 Å². The van der Waals surface area contributed by atoms with Crippen molar-refractivity contribution in [3.63, 3.8) is 0 Å². The van der Waals surface area contributed by atoms with Gasteiger partial charge in [0.1, 0.15) is 5.75 Å². The Morgan fingerprint density at radius 2 is 2.00 bits per heavy atom. The fraction of sp³-hybridized carbons (Fsp3) is 0.250. The quantitative estimate of drug-likeness (QED) is 0.294. The number of nitrogen functional groups attached to an aromatic ring is 1. The van der Waals surface area contributed by atoms with Crippen LogP contribution in [-0.2, 0) is 4.79 Å². The second kappa shape index (κ2) is 8.36. The molecule has 6 nitrogen and oxygen atoms in total. The van der Waals surface area contributed by atoms with E-state index in [9.17, 15) is 9.90 Å². The molecule has 0 fully saturated rings. The van der Waals surface area contributed by atoms with E-state index in [1.165, 1.54) is 24.3 Å². The second-order valence-corrected chi connectivity index (χ2v) is 3.72. The van der Waals surface area contributed by atoms with Crippen molar-refractivity contribution < 1.29 is 20.1 Å². The number of carbonyl (C=O) groups excluding carboxylic acids is 1. The summed E-state index contributed by atoms with van der Waals surface area (Å²) in [5.74, 6) is -0.473. The SMILES string of the molecule is Cl.Nc1ccc(O)c(/C=C/C(=O)NC(CO)CO)c1. The summed E-state index contributed by atoms with van der Waals surface area (Å²) >= 11 is 0. The highest BCUT2D eigenvalue weighted by atomic mass is 35.5. The molecule has 1 aromatic carbocycles. The maximum Gasteiger partial charge on any atom is 0.244 e. The van der Waals surface area contributed by atoms with Gasteiger partial charge in [0.25, 0.3) is 0 Å². The Kier molecular flexibility index (Phi) is 7.59. The fourth-order valence-electron chi connectivity index (χ4n) is 1.27. The van der Waals surface area contributed by atoms with Gasteiger partial charge in [-0.15, -0.1) is 12.4 Å². The van der Waals surface area contributed by atoms with Gasteiger partial charge in [-0.3, -0.25) is 4.79 Å². The number of nitrogens with one attached hydrogen (secondary N) is 1. The number of carbonyl (C=O) groups is 1. The number of aliphatic hydroxyl groups is 2. The number of hydrogen-bond donors (Lipinski definition) is 5. The highest BCUT2D eigenvalue weighted by molar-refractivity contribution is 5.92. The molecule has 0 aliphatic rings. The van der Waals surface area contributed by atoms with Crippen molar-refractivity contribution >= 4 is 30.1 Å². The van der Waals surface area contributed by atoms with Gasteiger partial charge in [-0.2, -0.15) is 0 Å². The van der Waals surface area contributed by atoms with Gasteiger partial charge in [-0.1, -0.05) is 0 Å². The monoisotopic (exact) mass is 288 g/mol. The highest BCUT2D eigenvalue weighted by Gasteiger charge is 2.07. The number of phenols is 1. The number of aliphatic hydroxyl groups excluding tert-OH is 2. The summed E-state index contributed by atoms with van der Waals surface area (Å²) in [7, 11) is 0. The van der Waals surface area contributed by atoms with Crippen LogP contribution in [0.1, 0.15) is 5.56 Å². The summed E-state index contributed by atoms with van der Waals surface area (Å²) in [6.07, 6.45) is 2.58. The van der Waals surface area contributed by atoms with E-state index in [1.807, 2.05) is 0 Å². The van der Waals surface area contributed by atoms with E-state index in [4.69, 9.17) is 15.9 Å². The average molecular weight is 289 g/mol. The van der Waals surface area contributed by atoms with Gasteiger partial charge in [0, 0.05) is 17.3 Å². The molecule has 0 saturated carbocycles. The molecule has 0 atom stereocenters. The van der Waals surface area contributed by atoms with Gasteiger partial charge in [-0.05, 0) is 24.3 Å². The number of hydrogen-bond acceptors (Lipinski definition) is 5. The van der Waals surface area contributed by atoms with Crippen molar-refractivity contribution in [2.75, 3.05) is 18.9 Å². The third-order valence-corrected chi connectivity index (χ3v) is 2.25. The molecule has 7 heteroatoms. The lowest BCUT2D eigenvalue weighted by Gasteiger charge is -2.11. The zero-order valence-corrected chi connectivity index (χ0v) is 10.9. The smallest absolute Gasteiger partial charge is 0.244 e. The van der Waals surface area contributed by atoms with Crippen molar-refractivity contribution in [1.29, 1.82) is 0 Å². The first-order valence-electron chi connectivity index (χ1n) is 5.35. The zero-order chi connectivity index (χ0) is 13.5. The number of phenolic OH excluding ortho intramolecular Hbond substituents is 1. The molecular formula is C12H17ClN2O4. The molecule has 0 aliphatic carbocycles. The third-order valence-electron chi connectivity index (χ3n) is 2.25. The van der Waals surface area contributed by atoms with Crippen molar-refractivity contribution in [1.82, 2.24) is 5.32 Å². The Morgan fingerprint density at radius 1 is 1.37 bits per heavy atom. The van der Waals surface area contributed by atoms with Crippen LogP contribution in [0.25, 0.3) is 6.08 Å². The van der Waals surface area contributed by atoms with Crippen molar-refractivity contribution in [3.05, 3.63) is 29.8 Å². The number of halogens is 1. The topological polar surface area (TPSA) is 116 Å². The van der Waals surface area contributed by atoms with Crippen molar-refractivity contribution in [2.45, 2.75) is 6.04 Å². The van der Waals surface area contributed by atoms with Crippen LogP contribution in [0.15, 0.2) is 24.3 Å². The molecule has 0 bridgehead atoms. The van der Waals surface area contributed by atoms with E-state index in [1.54, 1.807) is 6.07 Å². The molecule has 0 aromatic heterocycles. The molecule has 0 spiro atoms. The fourth-order valence-corrected chi connectivity index (χ4v) is 1.27. The summed E-state index contributed by atoms with van der Waals surface area (Å²) in [6, 6.07) is 3.79. The van der Waals surface area contributed by atoms with Gasteiger partial charge in [0.15, 0.2) is 0 Å². The molecule has 0 heterocycles. The lowest BCUT2D eigenvalue weighted by atomic mass is 10.1. The molecule has 0 aliphatic heterocycles. The molecule has 0 saturated heterocycles. The number of aromatic hydroxyl groups is 1. The Bertz CT molecular complexity index is 447. The van der Waals surface area contributed by atoms with E-state index < -0.39 is 11.9 Å². The highest BCUT2D eigenvalue weighted by Crippen LogP contribution is 2.20. The molecule has 0 radical (unpaired) electrons. The van der Waals surface area contributed by atoms with Crippen molar-refractivity contribution in [3.8, 4) is 5.75 Å². The van der Waals surface area contributed by atoms with E-state index in [2.05, 4.69) is 5.32 Å². The van der Waals surface area contributed by atoms with E-state index in [0.29, 0.717) is 11.3 Å². The van der Waals surface area contributed by atoms with E-state index in [0.717, 1.165) is 0 Å². The van der Waals surface area contributed by atoms with Gasteiger partial charge < -0.3 is 26.4 Å². The Balaban J connectivity index is 0.00000324. The summed E-state index contributed by atoms with van der Waals surface area (Å²) in [6.45, 7) is -0.695. The minimum absolute atomic E-state index is 0. The molecular weight excluding hydrogens is 272 g/mol. The maximum atomic E-state index is 11.4. The lowest BCUT2D eigenvalue weighted by molar-refractivity contribution is -0.117. The predicted octanol–water partition coefficient (Wildman–Crippen LogP) is -0.121. The number of anilines is 1. The first kappa shape index (κ1) is 17.2. The van der Waals surface area contributed by atoms with E-state index in [-0.39, 0.29) is 31.4 Å². The summed E-state index contributed by atoms with van der Waals surface area (Å²) in [4.78, 5) is 11.4. The molecule has 1 amide bonds. The Morgan fingerprint density at radius 3 is 2.58 bits per heavy atom. The largest absolute Gasteiger partial charge is 0.507 e. The van der Waals surface area contributed by atoms with Gasteiger partial charge in [0.05, 0.1) is 19.3 Å². The summed E-state index contributed by atoms with van der Waals surface area (Å²) in [5.41, 5.74) is 6.43. The number of amides is 1. The van der Waals surface area contributed by atoms with Crippen LogP contribution in [0.2, 0.25) is 0 Å². The normalized spacial score (nSPS) is 10.5. The van der Waals surface area contributed by atoms with E-state index >= 15 is 0 Å². The zero-order valence-electron chi connectivity index (χ0n) is 10.1. The summed E-state index contributed by atoms with van der Waals surface area (Å²) < 4.78 is 0. The van der Waals surface area contributed by atoms with Gasteiger partial charge in [0.2, 0.25) is 5.91 Å². The molecule has 106 valence electrons. The average Bonchev–Trinajstić information content (AvgIpc) is 2.37. The van der Waals surface area contributed by atoms with Gasteiger partial charge >= 0.3 is 0 Å². The predicted molar refractivity (Wildman–Crippen MR) is 74.9 cm³/mol. The van der Waals surface area contributed by atoms with Crippen LogP contribution in [0.5, 0.6) is 5.75 Å². The molecule has 19 heavy (non-hydrogen) atoms. The number of rotatable bonds is 5. The minimum atomic E-state index is -0.698. The third kappa shape index (κ3) is 5.60. The first-order valence-corrected chi connectivity index (χ1v) is 5.35. The van der Waals surface area contributed by atoms with Crippen LogP contribution in [0.4, 0.5) is 5.69 Å². The minimum Gasteiger partial charge on any atom is -0.507 e. The summed E-state index contributed by atoms with van der Waals surface area (Å²) in [5, 5.41) is 29.5. The van der Waals surface area contributed by atoms with Crippen LogP contribution in [0, 0.1) is 0 Å². The van der Waals surface area contributed by atoms with Crippen LogP contribution in [0.3, 0.4) is 0 Å². The van der Waals surface area contributed by atoms with Crippen LogP contribution in [-0.4, -0.2) is 40.5 Å². The number of benzene rings is 1. The second-order valence-electron chi connectivity index (χ2n) is 3.72. The Hall–Kier alpha value is -1.76. The molecule has 1 aromatic rings. The molecule has 1 rings (SSSR count).